The zero-order chi connectivity index (χ0) is 28.0. The lowest BCUT2D eigenvalue weighted by Gasteiger charge is -2.51. The Morgan fingerprint density at radius 3 is 2.33 bits per heavy atom. The number of rotatable bonds is 5. The van der Waals surface area contributed by atoms with Gasteiger partial charge in [0, 0.05) is 23.0 Å². The van der Waals surface area contributed by atoms with Gasteiger partial charge in [-0.2, -0.15) is 8.42 Å². The summed E-state index contributed by atoms with van der Waals surface area (Å²) < 4.78 is 38.6. The average Bonchev–Trinajstić information content (AvgIpc) is 3.68. The number of ether oxygens (including phenoxy) is 2. The topological polar surface area (TPSA) is 133 Å². The van der Waals surface area contributed by atoms with E-state index in [1.54, 1.807) is 6.92 Å². The number of amides is 2. The number of imide groups is 1. The molecule has 2 aliphatic heterocycles. The van der Waals surface area contributed by atoms with Gasteiger partial charge in [-0.15, -0.1) is 0 Å². The van der Waals surface area contributed by atoms with Crippen molar-refractivity contribution in [2.24, 2.45) is 41.4 Å². The third-order valence-corrected chi connectivity index (χ3v) is 12.1. The van der Waals surface area contributed by atoms with E-state index in [9.17, 15) is 27.6 Å². The molecule has 4 bridgehead atoms. The molecule has 0 spiro atoms. The van der Waals surface area contributed by atoms with Crippen LogP contribution in [0.2, 0.25) is 0 Å². The van der Waals surface area contributed by atoms with E-state index < -0.39 is 46.1 Å². The molecule has 11 atom stereocenters. The summed E-state index contributed by atoms with van der Waals surface area (Å²) in [5.41, 5.74) is 0.684. The third-order valence-electron chi connectivity index (χ3n) is 10.3. The minimum Gasteiger partial charge on any atom is -0.457 e. The molecule has 2 saturated heterocycles. The highest BCUT2D eigenvalue weighted by Gasteiger charge is 2.69. The van der Waals surface area contributed by atoms with Crippen molar-refractivity contribution in [3.63, 3.8) is 0 Å². The van der Waals surface area contributed by atoms with Crippen LogP contribution in [0.15, 0.2) is 24.3 Å². The van der Waals surface area contributed by atoms with Crippen molar-refractivity contribution in [3.8, 4) is 0 Å². The Kier molecular flexibility index (Phi) is 6.33. The molecule has 11 heteroatoms. The molecular formula is C28H35NO9S. The van der Waals surface area contributed by atoms with Crippen LogP contribution in [0.3, 0.4) is 0 Å². The van der Waals surface area contributed by atoms with Crippen LogP contribution in [-0.2, 0) is 43.0 Å². The number of likely N-dealkylation sites (tertiary alicyclic amines) is 1. The van der Waals surface area contributed by atoms with E-state index in [1.165, 1.54) is 37.5 Å². The first-order valence-electron chi connectivity index (χ1n) is 13.9. The molecule has 5 aliphatic carbocycles. The van der Waals surface area contributed by atoms with Gasteiger partial charge in [0.25, 0.3) is 16.0 Å². The molecule has 2 amide bonds. The first-order chi connectivity index (χ1) is 18.4. The van der Waals surface area contributed by atoms with E-state index in [0.29, 0.717) is 30.3 Å². The number of nitrogens with zero attached hydrogens (tertiary/aromatic N) is 1. The van der Waals surface area contributed by atoms with E-state index in [-0.39, 0.29) is 41.2 Å². The second-order valence-corrected chi connectivity index (χ2v) is 14.2. The number of carbonyl (C=O) groups is 4. The van der Waals surface area contributed by atoms with E-state index in [2.05, 4.69) is 13.2 Å². The monoisotopic (exact) mass is 561 g/mol. The average molecular weight is 562 g/mol. The fraction of sp³-hybridized carbons (Fsp3) is 0.714. The van der Waals surface area contributed by atoms with Gasteiger partial charge in [-0.25, -0.2) is 9.59 Å². The van der Waals surface area contributed by atoms with Crippen molar-refractivity contribution in [2.45, 2.75) is 75.9 Å². The van der Waals surface area contributed by atoms with Crippen molar-refractivity contribution in [1.82, 2.24) is 4.90 Å². The van der Waals surface area contributed by atoms with Gasteiger partial charge in [-0.3, -0.25) is 18.7 Å². The van der Waals surface area contributed by atoms with Crippen LogP contribution in [-0.4, -0.2) is 67.2 Å². The second-order valence-electron chi connectivity index (χ2n) is 12.4. The van der Waals surface area contributed by atoms with Crippen molar-refractivity contribution in [3.05, 3.63) is 24.3 Å². The van der Waals surface area contributed by atoms with Crippen molar-refractivity contribution < 1.29 is 41.3 Å². The minimum atomic E-state index is -3.53. The zero-order valence-electron chi connectivity index (χ0n) is 22.2. The quantitative estimate of drug-likeness (QED) is 0.214. The number of β-lactam (4-membered cyclic amide) rings is 1. The predicted molar refractivity (Wildman–Crippen MR) is 136 cm³/mol. The molecule has 0 aromatic carbocycles. The highest BCUT2D eigenvalue weighted by molar-refractivity contribution is 7.87. The molecule has 2 heterocycles. The maximum Gasteiger partial charge on any atom is 0.344 e. The Balaban J connectivity index is 0.000000143. The van der Waals surface area contributed by atoms with E-state index in [0.717, 1.165) is 11.8 Å². The van der Waals surface area contributed by atoms with Crippen LogP contribution >= 0.6 is 0 Å². The van der Waals surface area contributed by atoms with E-state index in [1.807, 2.05) is 0 Å². The summed E-state index contributed by atoms with van der Waals surface area (Å²) in [6, 6.07) is 0.228. The second kappa shape index (κ2) is 9.26. The molecule has 7 fully saturated rings. The molecule has 7 rings (SSSR count). The first kappa shape index (κ1) is 26.7. The molecular weight excluding hydrogens is 526 g/mol. The summed E-state index contributed by atoms with van der Waals surface area (Å²) >= 11 is 0. The van der Waals surface area contributed by atoms with Gasteiger partial charge in [0.2, 0.25) is 5.91 Å². The molecule has 39 heavy (non-hydrogen) atoms. The van der Waals surface area contributed by atoms with Crippen LogP contribution in [0, 0.1) is 41.4 Å². The van der Waals surface area contributed by atoms with Gasteiger partial charge < -0.3 is 9.47 Å². The van der Waals surface area contributed by atoms with Gasteiger partial charge in [-0.1, -0.05) is 19.6 Å². The number of hydrogen-bond donors (Lipinski definition) is 0. The molecule has 0 N–H and O–H groups in total. The standard InChI is InChI=1S/C15H19NO2.C13H16O7S/c1-7(2)14(17)16-13-11-6-10(12(13)15(16)18)8-4-3-5-9(8)11;1-6(2)13(15)18-5-10(14)19-11-7-3-8-9(4-7)21(16,17)20-12(8)11/h8-13H,1,3-6H2,2H3;7-9,11-12H,1,3-5H2,2H3. The molecule has 10 nitrogen and oxygen atoms in total. The molecule has 0 aromatic rings. The summed E-state index contributed by atoms with van der Waals surface area (Å²) in [6.45, 7) is 9.76. The Hall–Kier alpha value is -2.53. The Morgan fingerprint density at radius 1 is 0.974 bits per heavy atom. The summed E-state index contributed by atoms with van der Waals surface area (Å²) in [7, 11) is -3.53. The number of esters is 2. The van der Waals surface area contributed by atoms with Gasteiger partial charge >= 0.3 is 11.9 Å². The molecule has 0 radical (unpaired) electrons. The van der Waals surface area contributed by atoms with E-state index in [4.69, 9.17) is 13.7 Å². The van der Waals surface area contributed by atoms with Gasteiger partial charge in [0.05, 0.1) is 17.2 Å². The maximum atomic E-state index is 12.2. The summed E-state index contributed by atoms with van der Waals surface area (Å²) in [5, 5.41) is -0.455. The Bertz CT molecular complexity index is 1270. The van der Waals surface area contributed by atoms with Crippen LogP contribution in [0.4, 0.5) is 0 Å². The SMILES string of the molecule is C=C(C)C(=O)N1C(=O)C2C3CC(C4CCCC43)C21.C=C(C)C(=O)OCC(=O)OC1C2CC3C1OS(=O)(=O)C3C2. The number of hydrogen-bond acceptors (Lipinski definition) is 9. The zero-order valence-corrected chi connectivity index (χ0v) is 23.1. The van der Waals surface area contributed by atoms with Gasteiger partial charge in [-0.05, 0) is 69.6 Å². The summed E-state index contributed by atoms with van der Waals surface area (Å²) in [4.78, 5) is 48.7. The highest BCUT2D eigenvalue weighted by Crippen LogP contribution is 2.65. The van der Waals surface area contributed by atoms with Crippen LogP contribution in [0.1, 0.15) is 52.4 Å². The fourth-order valence-electron chi connectivity index (χ4n) is 8.90. The lowest BCUT2D eigenvalue weighted by atomic mass is 9.67. The Labute approximate surface area is 228 Å². The fourth-order valence-corrected chi connectivity index (χ4v) is 10.8. The number of fused-ring (bicyclic) bond motifs is 9. The van der Waals surface area contributed by atoms with E-state index >= 15 is 0 Å². The molecule has 5 saturated carbocycles. The minimum absolute atomic E-state index is 0.00284. The lowest BCUT2D eigenvalue weighted by Crippen LogP contribution is -2.67. The smallest absolute Gasteiger partial charge is 0.344 e. The van der Waals surface area contributed by atoms with Crippen molar-refractivity contribution in [1.29, 1.82) is 0 Å². The summed E-state index contributed by atoms with van der Waals surface area (Å²) in [5.74, 6) is 1.46. The lowest BCUT2D eigenvalue weighted by molar-refractivity contribution is -0.171. The number of carbonyl (C=O) groups excluding carboxylic acids is 4. The Morgan fingerprint density at radius 2 is 1.67 bits per heavy atom. The van der Waals surface area contributed by atoms with Crippen LogP contribution < -0.4 is 0 Å². The molecule has 7 aliphatic rings. The first-order valence-corrected chi connectivity index (χ1v) is 15.3. The van der Waals surface area contributed by atoms with Crippen LogP contribution in [0.25, 0.3) is 0 Å². The van der Waals surface area contributed by atoms with Gasteiger partial charge in [0.1, 0.15) is 12.2 Å². The summed E-state index contributed by atoms with van der Waals surface area (Å²) in [6.07, 6.45) is 5.15. The predicted octanol–water partition coefficient (Wildman–Crippen LogP) is 2.14. The van der Waals surface area contributed by atoms with Gasteiger partial charge in [0.15, 0.2) is 6.61 Å². The third kappa shape index (κ3) is 4.02. The van der Waals surface area contributed by atoms with Crippen molar-refractivity contribution in [2.75, 3.05) is 6.61 Å². The highest BCUT2D eigenvalue weighted by atomic mass is 32.2. The van der Waals surface area contributed by atoms with Crippen LogP contribution in [0.5, 0.6) is 0 Å². The molecule has 212 valence electrons. The molecule has 0 aromatic heterocycles. The largest absolute Gasteiger partial charge is 0.457 e. The maximum absolute atomic E-state index is 12.2. The van der Waals surface area contributed by atoms with Crippen molar-refractivity contribution >= 4 is 33.9 Å². The normalized spacial score (nSPS) is 42.7. The molecule has 11 unspecified atom stereocenters.